The minimum absolute atomic E-state index is 0.0321. The van der Waals surface area contributed by atoms with Gasteiger partial charge < -0.3 is 15.4 Å². The standard InChI is InChI=1S/C18H27N3O3/c1-12-8-9-15(19-11-12)21-16(22)13-6-5-7-14(10-13)20-17(23)24-18(2,3)4/h8-9,11,13-14H,5-7,10H2,1-4H3,(H,20,23)(H,19,21,22)/t13-,14+/m0/s1. The first-order valence-electron chi connectivity index (χ1n) is 8.46. The number of rotatable bonds is 3. The fraction of sp³-hybridized carbons (Fsp3) is 0.611. The number of hydrogen-bond acceptors (Lipinski definition) is 4. The SMILES string of the molecule is Cc1ccc(NC(=O)[C@H]2CCC[C@@H](NC(=O)OC(C)(C)C)C2)nc1. The van der Waals surface area contributed by atoms with Crippen LogP contribution in [0.4, 0.5) is 10.6 Å². The van der Waals surface area contributed by atoms with Crippen LogP contribution in [0.15, 0.2) is 18.3 Å². The molecule has 1 aliphatic carbocycles. The Kier molecular flexibility index (Phi) is 5.80. The van der Waals surface area contributed by atoms with Crippen LogP contribution in [0.3, 0.4) is 0 Å². The number of hydrogen-bond donors (Lipinski definition) is 2. The molecule has 1 aromatic heterocycles. The smallest absolute Gasteiger partial charge is 0.407 e. The minimum atomic E-state index is -0.521. The summed E-state index contributed by atoms with van der Waals surface area (Å²) in [6, 6.07) is 3.68. The van der Waals surface area contributed by atoms with E-state index in [1.165, 1.54) is 0 Å². The zero-order valence-electron chi connectivity index (χ0n) is 14.9. The van der Waals surface area contributed by atoms with Gasteiger partial charge in [-0.25, -0.2) is 9.78 Å². The Morgan fingerprint density at radius 3 is 2.62 bits per heavy atom. The normalized spacial score (nSPS) is 21.0. The molecular formula is C18H27N3O3. The highest BCUT2D eigenvalue weighted by atomic mass is 16.6. The van der Waals surface area contributed by atoms with Crippen molar-refractivity contribution in [2.45, 2.75) is 65.0 Å². The fourth-order valence-electron chi connectivity index (χ4n) is 2.80. The predicted octanol–water partition coefficient (Wildman–Crippen LogP) is 3.41. The Hall–Kier alpha value is -2.11. The monoisotopic (exact) mass is 333 g/mol. The number of pyridine rings is 1. The number of anilines is 1. The first-order chi connectivity index (χ1) is 11.2. The van der Waals surface area contributed by atoms with E-state index in [4.69, 9.17) is 4.74 Å². The van der Waals surface area contributed by atoms with Crippen molar-refractivity contribution in [3.8, 4) is 0 Å². The molecule has 6 nitrogen and oxygen atoms in total. The van der Waals surface area contributed by atoms with Gasteiger partial charge in [-0.15, -0.1) is 0 Å². The maximum absolute atomic E-state index is 12.4. The van der Waals surface area contributed by atoms with Gasteiger partial charge in [0.05, 0.1) is 0 Å². The molecule has 0 radical (unpaired) electrons. The van der Waals surface area contributed by atoms with Gasteiger partial charge in [-0.05, 0) is 58.6 Å². The number of aromatic nitrogens is 1. The summed E-state index contributed by atoms with van der Waals surface area (Å²) >= 11 is 0. The molecule has 2 rings (SSSR count). The zero-order chi connectivity index (χ0) is 17.7. The third-order valence-electron chi connectivity index (χ3n) is 3.93. The van der Waals surface area contributed by atoms with Crippen molar-refractivity contribution in [2.75, 3.05) is 5.32 Å². The second-order valence-electron chi connectivity index (χ2n) is 7.42. The number of aryl methyl sites for hydroxylation is 1. The lowest BCUT2D eigenvalue weighted by molar-refractivity contribution is -0.121. The number of alkyl carbamates (subject to hydrolysis) is 1. The van der Waals surface area contributed by atoms with Crippen molar-refractivity contribution in [3.63, 3.8) is 0 Å². The van der Waals surface area contributed by atoms with Gasteiger partial charge in [0.2, 0.25) is 5.91 Å². The highest BCUT2D eigenvalue weighted by Crippen LogP contribution is 2.26. The summed E-state index contributed by atoms with van der Waals surface area (Å²) < 4.78 is 5.28. The summed E-state index contributed by atoms with van der Waals surface area (Å²) in [5.74, 6) is 0.400. The summed E-state index contributed by atoms with van der Waals surface area (Å²) in [6.07, 6.45) is 4.52. The Morgan fingerprint density at radius 1 is 1.25 bits per heavy atom. The topological polar surface area (TPSA) is 80.3 Å². The van der Waals surface area contributed by atoms with Crippen LogP contribution in [-0.2, 0) is 9.53 Å². The Labute approximate surface area is 143 Å². The van der Waals surface area contributed by atoms with E-state index >= 15 is 0 Å². The maximum Gasteiger partial charge on any atom is 0.407 e. The number of ether oxygens (including phenoxy) is 1. The largest absolute Gasteiger partial charge is 0.444 e. The van der Waals surface area contributed by atoms with Gasteiger partial charge in [-0.3, -0.25) is 4.79 Å². The van der Waals surface area contributed by atoms with Crippen molar-refractivity contribution >= 4 is 17.8 Å². The van der Waals surface area contributed by atoms with Gasteiger partial charge >= 0.3 is 6.09 Å². The molecule has 132 valence electrons. The molecule has 2 N–H and O–H groups in total. The first-order valence-corrected chi connectivity index (χ1v) is 8.46. The molecule has 0 saturated heterocycles. The summed E-state index contributed by atoms with van der Waals surface area (Å²) in [6.45, 7) is 7.45. The molecule has 1 saturated carbocycles. The highest BCUT2D eigenvalue weighted by Gasteiger charge is 2.29. The van der Waals surface area contributed by atoms with E-state index in [9.17, 15) is 9.59 Å². The second-order valence-corrected chi connectivity index (χ2v) is 7.42. The molecule has 0 aromatic carbocycles. The van der Waals surface area contributed by atoms with Gasteiger partial charge in [0, 0.05) is 18.2 Å². The van der Waals surface area contributed by atoms with Gasteiger partial charge in [-0.1, -0.05) is 12.5 Å². The van der Waals surface area contributed by atoms with Crippen LogP contribution in [0.5, 0.6) is 0 Å². The molecule has 1 fully saturated rings. The van der Waals surface area contributed by atoms with Crippen LogP contribution in [0.2, 0.25) is 0 Å². The van der Waals surface area contributed by atoms with E-state index in [0.717, 1.165) is 24.8 Å². The summed E-state index contributed by atoms with van der Waals surface area (Å²) in [5.41, 5.74) is 0.527. The molecule has 0 aliphatic heterocycles. The van der Waals surface area contributed by atoms with E-state index in [1.54, 1.807) is 12.3 Å². The van der Waals surface area contributed by atoms with Gasteiger partial charge in [0.15, 0.2) is 0 Å². The fourth-order valence-corrected chi connectivity index (χ4v) is 2.80. The first kappa shape index (κ1) is 18.2. The molecule has 0 unspecified atom stereocenters. The Morgan fingerprint density at radius 2 is 2.00 bits per heavy atom. The molecule has 2 atom stereocenters. The maximum atomic E-state index is 12.4. The molecule has 2 amide bonds. The summed E-state index contributed by atoms with van der Waals surface area (Å²) in [5, 5.41) is 5.73. The van der Waals surface area contributed by atoms with E-state index in [0.29, 0.717) is 12.2 Å². The van der Waals surface area contributed by atoms with E-state index in [-0.39, 0.29) is 17.9 Å². The predicted molar refractivity (Wildman–Crippen MR) is 92.7 cm³/mol. The third-order valence-corrected chi connectivity index (χ3v) is 3.93. The second kappa shape index (κ2) is 7.64. The van der Waals surface area contributed by atoms with Crippen molar-refractivity contribution in [3.05, 3.63) is 23.9 Å². The van der Waals surface area contributed by atoms with Gasteiger partial charge in [-0.2, -0.15) is 0 Å². The zero-order valence-corrected chi connectivity index (χ0v) is 14.9. The van der Waals surface area contributed by atoms with Crippen molar-refractivity contribution in [2.24, 2.45) is 5.92 Å². The number of nitrogens with one attached hydrogen (secondary N) is 2. The van der Waals surface area contributed by atoms with Gasteiger partial charge in [0.1, 0.15) is 11.4 Å². The van der Waals surface area contributed by atoms with Crippen LogP contribution in [0, 0.1) is 12.8 Å². The molecule has 6 heteroatoms. The van der Waals surface area contributed by atoms with E-state index in [2.05, 4.69) is 15.6 Å². The summed E-state index contributed by atoms with van der Waals surface area (Å²) in [7, 11) is 0. The van der Waals surface area contributed by atoms with Crippen LogP contribution >= 0.6 is 0 Å². The Balaban J connectivity index is 1.86. The number of carbonyl (C=O) groups excluding carboxylic acids is 2. The van der Waals surface area contributed by atoms with Crippen LogP contribution in [0.1, 0.15) is 52.0 Å². The minimum Gasteiger partial charge on any atom is -0.444 e. The third kappa shape index (κ3) is 5.83. The van der Waals surface area contributed by atoms with Crippen LogP contribution in [-0.4, -0.2) is 28.6 Å². The molecule has 24 heavy (non-hydrogen) atoms. The summed E-state index contributed by atoms with van der Waals surface area (Å²) in [4.78, 5) is 28.5. The molecule has 0 bridgehead atoms. The average Bonchev–Trinajstić information content (AvgIpc) is 2.48. The lowest BCUT2D eigenvalue weighted by Crippen LogP contribution is -2.43. The quantitative estimate of drug-likeness (QED) is 0.888. The van der Waals surface area contributed by atoms with Crippen LogP contribution in [0.25, 0.3) is 0 Å². The number of carbonyl (C=O) groups is 2. The average molecular weight is 333 g/mol. The lowest BCUT2D eigenvalue weighted by atomic mass is 9.85. The van der Waals surface area contributed by atoms with E-state index < -0.39 is 11.7 Å². The van der Waals surface area contributed by atoms with Crippen LogP contribution < -0.4 is 10.6 Å². The number of nitrogens with zero attached hydrogens (tertiary/aromatic N) is 1. The van der Waals surface area contributed by atoms with Crippen molar-refractivity contribution in [1.82, 2.24) is 10.3 Å². The van der Waals surface area contributed by atoms with Crippen molar-refractivity contribution < 1.29 is 14.3 Å². The lowest BCUT2D eigenvalue weighted by Gasteiger charge is -2.30. The van der Waals surface area contributed by atoms with Crippen molar-refractivity contribution in [1.29, 1.82) is 0 Å². The molecule has 0 spiro atoms. The highest BCUT2D eigenvalue weighted by molar-refractivity contribution is 5.91. The Bertz CT molecular complexity index is 578. The molecular weight excluding hydrogens is 306 g/mol. The molecule has 1 aliphatic rings. The van der Waals surface area contributed by atoms with E-state index in [1.807, 2.05) is 33.8 Å². The number of amides is 2. The molecule has 1 aromatic rings. The van der Waals surface area contributed by atoms with Gasteiger partial charge in [0.25, 0.3) is 0 Å². The molecule has 1 heterocycles.